The summed E-state index contributed by atoms with van der Waals surface area (Å²) >= 11 is 0. The van der Waals surface area contributed by atoms with Gasteiger partial charge >= 0.3 is 0 Å². The van der Waals surface area contributed by atoms with Gasteiger partial charge in [0.2, 0.25) is 0 Å². The average molecular weight is 339 g/mol. The Morgan fingerprint density at radius 3 is 2.60 bits per heavy atom. The normalized spacial score (nSPS) is 16.6. The fourth-order valence-electron chi connectivity index (χ4n) is 3.33. The standard InChI is InChI=1S/C20H25N3O2/c1-16(17-7-5-9-21-14-17)22-10-12-23(13-11-22)20(24)19-8-4-3-6-18(19)15-25-2/h3-9,14,16H,10-13,15H2,1-2H3/t16-/m1/s1. The van der Waals surface area contributed by atoms with Crippen LogP contribution in [0.4, 0.5) is 0 Å². The lowest BCUT2D eigenvalue weighted by molar-refractivity contribution is 0.0578. The highest BCUT2D eigenvalue weighted by atomic mass is 16.5. The van der Waals surface area contributed by atoms with E-state index in [1.54, 1.807) is 13.3 Å². The Balaban J connectivity index is 1.63. The van der Waals surface area contributed by atoms with Crippen LogP contribution in [0, 0.1) is 0 Å². The molecule has 0 unspecified atom stereocenters. The van der Waals surface area contributed by atoms with Gasteiger partial charge in [-0.2, -0.15) is 0 Å². The first-order valence-electron chi connectivity index (χ1n) is 8.71. The molecule has 1 aliphatic rings. The lowest BCUT2D eigenvalue weighted by Crippen LogP contribution is -2.49. The molecule has 0 saturated carbocycles. The Labute approximate surface area is 149 Å². The second-order valence-electron chi connectivity index (χ2n) is 6.38. The number of methoxy groups -OCH3 is 1. The minimum Gasteiger partial charge on any atom is -0.380 e. The molecule has 1 aromatic heterocycles. The fraction of sp³-hybridized carbons (Fsp3) is 0.400. The third kappa shape index (κ3) is 4.06. The zero-order chi connectivity index (χ0) is 17.6. The van der Waals surface area contributed by atoms with Crippen molar-refractivity contribution in [1.29, 1.82) is 0 Å². The first-order valence-corrected chi connectivity index (χ1v) is 8.71. The third-order valence-electron chi connectivity index (χ3n) is 4.86. The molecule has 1 atom stereocenters. The van der Waals surface area contributed by atoms with Crippen LogP contribution in [-0.2, 0) is 11.3 Å². The van der Waals surface area contributed by atoms with E-state index in [2.05, 4.69) is 22.9 Å². The predicted octanol–water partition coefficient (Wildman–Crippen LogP) is 2.75. The van der Waals surface area contributed by atoms with Crippen LogP contribution >= 0.6 is 0 Å². The Bertz CT molecular complexity index is 697. The van der Waals surface area contributed by atoms with E-state index < -0.39 is 0 Å². The van der Waals surface area contributed by atoms with Gasteiger partial charge in [0.25, 0.3) is 5.91 Å². The molecule has 0 bridgehead atoms. The van der Waals surface area contributed by atoms with Crippen molar-refractivity contribution in [2.75, 3.05) is 33.3 Å². The van der Waals surface area contributed by atoms with Gasteiger partial charge in [0.15, 0.2) is 0 Å². The first-order chi connectivity index (χ1) is 12.2. The van der Waals surface area contributed by atoms with E-state index in [1.807, 2.05) is 41.4 Å². The Kier molecular flexibility index (Phi) is 5.79. The number of piperazine rings is 1. The van der Waals surface area contributed by atoms with Gasteiger partial charge in [0.1, 0.15) is 0 Å². The summed E-state index contributed by atoms with van der Waals surface area (Å²) in [5.74, 6) is 0.0985. The fourth-order valence-corrected chi connectivity index (χ4v) is 3.33. The highest BCUT2D eigenvalue weighted by molar-refractivity contribution is 5.95. The van der Waals surface area contributed by atoms with Crippen LogP contribution in [0.1, 0.15) is 34.5 Å². The summed E-state index contributed by atoms with van der Waals surface area (Å²) < 4.78 is 5.22. The largest absolute Gasteiger partial charge is 0.380 e. The van der Waals surface area contributed by atoms with Crippen LogP contribution in [-0.4, -0.2) is 54.0 Å². The molecule has 25 heavy (non-hydrogen) atoms. The lowest BCUT2D eigenvalue weighted by atomic mass is 10.1. The van der Waals surface area contributed by atoms with Gasteiger partial charge in [-0.15, -0.1) is 0 Å². The predicted molar refractivity (Wildman–Crippen MR) is 97.3 cm³/mol. The molecule has 5 heteroatoms. The van der Waals surface area contributed by atoms with E-state index in [9.17, 15) is 4.79 Å². The molecule has 2 aromatic rings. The molecular weight excluding hydrogens is 314 g/mol. The van der Waals surface area contributed by atoms with Crippen LogP contribution in [0.3, 0.4) is 0 Å². The van der Waals surface area contributed by atoms with E-state index >= 15 is 0 Å². The van der Waals surface area contributed by atoms with Crippen molar-refractivity contribution in [1.82, 2.24) is 14.8 Å². The maximum Gasteiger partial charge on any atom is 0.254 e. The van der Waals surface area contributed by atoms with Crippen LogP contribution in [0.2, 0.25) is 0 Å². The molecule has 2 heterocycles. The van der Waals surface area contributed by atoms with E-state index in [0.717, 1.165) is 37.3 Å². The Morgan fingerprint density at radius 1 is 1.16 bits per heavy atom. The van der Waals surface area contributed by atoms with Crippen molar-refractivity contribution >= 4 is 5.91 Å². The molecule has 1 fully saturated rings. The first kappa shape index (κ1) is 17.6. The molecular formula is C20H25N3O2. The summed E-state index contributed by atoms with van der Waals surface area (Å²) in [6.07, 6.45) is 3.72. The van der Waals surface area contributed by atoms with Gasteiger partial charge in [-0.25, -0.2) is 0 Å². The second kappa shape index (κ2) is 8.23. The smallest absolute Gasteiger partial charge is 0.254 e. The molecule has 5 nitrogen and oxygen atoms in total. The minimum atomic E-state index is 0.0985. The van der Waals surface area contributed by atoms with E-state index in [-0.39, 0.29) is 5.91 Å². The maximum atomic E-state index is 12.9. The Hall–Kier alpha value is -2.24. The topological polar surface area (TPSA) is 45.7 Å². The lowest BCUT2D eigenvalue weighted by Gasteiger charge is -2.38. The second-order valence-corrected chi connectivity index (χ2v) is 6.38. The van der Waals surface area contributed by atoms with E-state index in [4.69, 9.17) is 4.74 Å². The summed E-state index contributed by atoms with van der Waals surface area (Å²) in [6.45, 7) is 5.88. The molecule has 1 aliphatic heterocycles. The van der Waals surface area contributed by atoms with E-state index in [1.165, 1.54) is 5.56 Å². The molecule has 3 rings (SSSR count). The number of hydrogen-bond acceptors (Lipinski definition) is 4. The molecule has 0 spiro atoms. The number of benzene rings is 1. The number of carbonyl (C=O) groups is 1. The number of amides is 1. The molecule has 1 amide bonds. The molecule has 1 aromatic carbocycles. The zero-order valence-electron chi connectivity index (χ0n) is 14.9. The van der Waals surface area contributed by atoms with Crippen molar-refractivity contribution in [3.05, 3.63) is 65.5 Å². The SMILES string of the molecule is COCc1ccccc1C(=O)N1CCN([C@H](C)c2cccnc2)CC1. The quantitative estimate of drug-likeness (QED) is 0.840. The summed E-state index contributed by atoms with van der Waals surface area (Å²) in [5.41, 5.74) is 2.91. The van der Waals surface area contributed by atoms with Crippen molar-refractivity contribution in [2.24, 2.45) is 0 Å². The van der Waals surface area contributed by atoms with Crippen LogP contribution < -0.4 is 0 Å². The van der Waals surface area contributed by atoms with Gasteiger partial charge in [-0.3, -0.25) is 14.7 Å². The maximum absolute atomic E-state index is 12.9. The van der Waals surface area contributed by atoms with Gasteiger partial charge in [0.05, 0.1) is 6.61 Å². The number of ether oxygens (including phenoxy) is 1. The van der Waals surface area contributed by atoms with Crippen molar-refractivity contribution in [2.45, 2.75) is 19.6 Å². The molecule has 132 valence electrons. The number of pyridine rings is 1. The highest BCUT2D eigenvalue weighted by Gasteiger charge is 2.26. The molecule has 0 radical (unpaired) electrons. The van der Waals surface area contributed by atoms with Crippen molar-refractivity contribution in [3.8, 4) is 0 Å². The van der Waals surface area contributed by atoms with Gasteiger partial charge in [-0.1, -0.05) is 24.3 Å². The van der Waals surface area contributed by atoms with Crippen LogP contribution in [0.25, 0.3) is 0 Å². The average Bonchev–Trinajstić information content (AvgIpc) is 2.68. The Morgan fingerprint density at radius 2 is 1.92 bits per heavy atom. The molecule has 0 N–H and O–H groups in total. The summed E-state index contributed by atoms with van der Waals surface area (Å²) in [4.78, 5) is 21.4. The number of aromatic nitrogens is 1. The number of hydrogen-bond donors (Lipinski definition) is 0. The zero-order valence-corrected chi connectivity index (χ0v) is 14.9. The number of rotatable bonds is 5. The molecule has 0 aliphatic carbocycles. The van der Waals surface area contributed by atoms with Gasteiger partial charge in [0, 0.05) is 57.3 Å². The summed E-state index contributed by atoms with van der Waals surface area (Å²) in [7, 11) is 1.65. The van der Waals surface area contributed by atoms with Crippen LogP contribution in [0.15, 0.2) is 48.8 Å². The van der Waals surface area contributed by atoms with E-state index in [0.29, 0.717) is 12.6 Å². The monoisotopic (exact) mass is 339 g/mol. The summed E-state index contributed by atoms with van der Waals surface area (Å²) in [5, 5.41) is 0. The number of nitrogens with zero attached hydrogens (tertiary/aromatic N) is 3. The summed E-state index contributed by atoms with van der Waals surface area (Å²) in [6, 6.07) is 12.1. The highest BCUT2D eigenvalue weighted by Crippen LogP contribution is 2.22. The third-order valence-corrected chi connectivity index (χ3v) is 4.86. The minimum absolute atomic E-state index is 0.0985. The van der Waals surface area contributed by atoms with Gasteiger partial charge in [-0.05, 0) is 30.2 Å². The van der Waals surface area contributed by atoms with Crippen LogP contribution in [0.5, 0.6) is 0 Å². The van der Waals surface area contributed by atoms with Crippen molar-refractivity contribution in [3.63, 3.8) is 0 Å². The molecule has 1 saturated heterocycles. The van der Waals surface area contributed by atoms with Crippen molar-refractivity contribution < 1.29 is 9.53 Å². The van der Waals surface area contributed by atoms with Gasteiger partial charge < -0.3 is 9.64 Å². The number of carbonyl (C=O) groups excluding carboxylic acids is 1.